The van der Waals surface area contributed by atoms with E-state index in [1.54, 1.807) is 4.68 Å². The zero-order valence-electron chi connectivity index (χ0n) is 12.1. The van der Waals surface area contributed by atoms with Crippen LogP contribution in [0.25, 0.3) is 11.0 Å². The lowest BCUT2D eigenvalue weighted by Gasteiger charge is -2.05. The Balaban J connectivity index is 1.80. The van der Waals surface area contributed by atoms with Crippen molar-refractivity contribution >= 4 is 11.0 Å². The van der Waals surface area contributed by atoms with Crippen molar-refractivity contribution in [2.75, 3.05) is 26.4 Å². The molecule has 0 spiro atoms. The number of pyridine rings is 1. The second-order valence-corrected chi connectivity index (χ2v) is 4.79. The van der Waals surface area contributed by atoms with Gasteiger partial charge < -0.3 is 15.2 Å². The molecule has 0 unspecified atom stereocenters. The first-order chi connectivity index (χ1) is 9.72. The summed E-state index contributed by atoms with van der Waals surface area (Å²) >= 11 is 0. The molecule has 0 radical (unpaired) electrons. The van der Waals surface area contributed by atoms with Gasteiger partial charge in [-0.15, -0.1) is 0 Å². The average Bonchev–Trinajstić information content (AvgIpc) is 2.73. The quantitative estimate of drug-likeness (QED) is 0.698. The monoisotopic (exact) mass is 278 g/mol. The van der Waals surface area contributed by atoms with Crippen molar-refractivity contribution in [2.45, 2.75) is 19.9 Å². The molecule has 0 aromatic carbocycles. The standard InChI is InChI=1S/C14H22N4O2/c1-11-13-8-12(10-16-14(13)18(2)17-11)9-15-4-3-6-20-7-5-19/h8,10,15,19H,3-7,9H2,1-2H3. The van der Waals surface area contributed by atoms with Gasteiger partial charge in [-0.05, 0) is 31.5 Å². The number of nitrogens with zero attached hydrogens (tertiary/aromatic N) is 3. The summed E-state index contributed by atoms with van der Waals surface area (Å²) in [6.45, 7) is 4.85. The first kappa shape index (κ1) is 14.9. The minimum atomic E-state index is 0.0869. The van der Waals surface area contributed by atoms with Crippen molar-refractivity contribution < 1.29 is 9.84 Å². The highest BCUT2D eigenvalue weighted by Crippen LogP contribution is 2.16. The van der Waals surface area contributed by atoms with Crippen LogP contribution in [0.1, 0.15) is 17.7 Å². The first-order valence-electron chi connectivity index (χ1n) is 6.90. The lowest BCUT2D eigenvalue weighted by Crippen LogP contribution is -2.17. The number of aliphatic hydroxyl groups is 1. The van der Waals surface area contributed by atoms with E-state index in [1.807, 2.05) is 20.2 Å². The van der Waals surface area contributed by atoms with Gasteiger partial charge in [-0.1, -0.05) is 0 Å². The molecule has 0 aliphatic carbocycles. The van der Waals surface area contributed by atoms with Crippen LogP contribution in [-0.2, 0) is 18.3 Å². The molecule has 6 nitrogen and oxygen atoms in total. The predicted molar refractivity (Wildman–Crippen MR) is 77.5 cm³/mol. The van der Waals surface area contributed by atoms with Crippen molar-refractivity contribution in [2.24, 2.45) is 7.05 Å². The van der Waals surface area contributed by atoms with Crippen molar-refractivity contribution in [3.8, 4) is 0 Å². The Kier molecular flexibility index (Phi) is 5.46. The van der Waals surface area contributed by atoms with Gasteiger partial charge in [-0.25, -0.2) is 4.98 Å². The van der Waals surface area contributed by atoms with Crippen LogP contribution in [0.3, 0.4) is 0 Å². The molecule has 2 N–H and O–H groups in total. The van der Waals surface area contributed by atoms with Gasteiger partial charge in [0.15, 0.2) is 5.65 Å². The smallest absolute Gasteiger partial charge is 0.157 e. The highest BCUT2D eigenvalue weighted by Gasteiger charge is 2.06. The molecule has 0 bridgehead atoms. The molecule has 0 saturated carbocycles. The van der Waals surface area contributed by atoms with Crippen LogP contribution in [0.5, 0.6) is 0 Å². The number of aryl methyl sites for hydroxylation is 2. The van der Waals surface area contributed by atoms with Crippen molar-refractivity contribution in [3.63, 3.8) is 0 Å². The number of rotatable bonds is 8. The van der Waals surface area contributed by atoms with Crippen LogP contribution in [0.15, 0.2) is 12.3 Å². The average molecular weight is 278 g/mol. The van der Waals surface area contributed by atoms with E-state index in [0.29, 0.717) is 13.2 Å². The summed E-state index contributed by atoms with van der Waals surface area (Å²) in [5.74, 6) is 0. The number of hydrogen-bond acceptors (Lipinski definition) is 5. The van der Waals surface area contributed by atoms with Crippen LogP contribution in [0.2, 0.25) is 0 Å². The van der Waals surface area contributed by atoms with Gasteiger partial charge in [0.05, 0.1) is 18.9 Å². The molecular weight excluding hydrogens is 256 g/mol. The van der Waals surface area contributed by atoms with E-state index >= 15 is 0 Å². The summed E-state index contributed by atoms with van der Waals surface area (Å²) in [6, 6.07) is 2.14. The molecule has 0 aliphatic heterocycles. The third-order valence-corrected chi connectivity index (χ3v) is 3.13. The zero-order chi connectivity index (χ0) is 14.4. The molecule has 2 rings (SSSR count). The minimum absolute atomic E-state index is 0.0869. The van der Waals surface area contributed by atoms with E-state index in [1.165, 1.54) is 0 Å². The summed E-state index contributed by atoms with van der Waals surface area (Å²) in [5.41, 5.74) is 3.09. The maximum atomic E-state index is 8.57. The highest BCUT2D eigenvalue weighted by molar-refractivity contribution is 5.78. The molecule has 2 heterocycles. The summed E-state index contributed by atoms with van der Waals surface area (Å²) in [7, 11) is 1.91. The Bertz CT molecular complexity index is 553. The molecule has 2 aromatic heterocycles. The molecule has 0 aliphatic rings. The normalized spacial score (nSPS) is 11.3. The number of ether oxygens (including phenoxy) is 1. The molecule has 0 fully saturated rings. The minimum Gasteiger partial charge on any atom is -0.394 e. The number of nitrogens with one attached hydrogen (secondary N) is 1. The molecular formula is C14H22N4O2. The van der Waals surface area contributed by atoms with Crippen molar-refractivity contribution in [1.29, 1.82) is 0 Å². The van der Waals surface area contributed by atoms with Gasteiger partial charge in [-0.2, -0.15) is 5.10 Å². The molecule has 0 amide bonds. The Hall–Kier alpha value is -1.50. The molecule has 20 heavy (non-hydrogen) atoms. The Morgan fingerprint density at radius 2 is 2.25 bits per heavy atom. The van der Waals surface area contributed by atoms with E-state index in [4.69, 9.17) is 9.84 Å². The van der Waals surface area contributed by atoms with Crippen molar-refractivity contribution in [3.05, 3.63) is 23.5 Å². The highest BCUT2D eigenvalue weighted by atomic mass is 16.5. The lowest BCUT2D eigenvalue weighted by molar-refractivity contribution is 0.0907. The largest absolute Gasteiger partial charge is 0.394 e. The Morgan fingerprint density at radius 1 is 1.40 bits per heavy atom. The van der Waals surface area contributed by atoms with Crippen LogP contribution in [0, 0.1) is 6.92 Å². The summed E-state index contributed by atoms with van der Waals surface area (Å²) < 4.78 is 7.00. The Labute approximate surface area is 118 Å². The SMILES string of the molecule is Cc1nn(C)c2ncc(CNCCCOCCO)cc12. The second-order valence-electron chi connectivity index (χ2n) is 4.79. The van der Waals surface area contributed by atoms with Crippen LogP contribution >= 0.6 is 0 Å². The summed E-state index contributed by atoms with van der Waals surface area (Å²) in [6.07, 6.45) is 2.82. The molecule has 0 atom stereocenters. The van der Waals surface area contributed by atoms with Crippen LogP contribution in [-0.4, -0.2) is 46.2 Å². The number of aliphatic hydroxyl groups excluding tert-OH is 1. The fourth-order valence-corrected chi connectivity index (χ4v) is 2.15. The zero-order valence-corrected chi connectivity index (χ0v) is 12.1. The molecule has 110 valence electrons. The maximum Gasteiger partial charge on any atom is 0.157 e. The summed E-state index contributed by atoms with van der Waals surface area (Å²) in [5, 5.41) is 17.4. The first-order valence-corrected chi connectivity index (χ1v) is 6.90. The van der Waals surface area contributed by atoms with E-state index in [-0.39, 0.29) is 6.61 Å². The fraction of sp³-hybridized carbons (Fsp3) is 0.571. The molecule has 2 aromatic rings. The second kappa shape index (κ2) is 7.33. The third kappa shape index (κ3) is 3.75. The van der Waals surface area contributed by atoms with Gasteiger partial charge in [0, 0.05) is 31.8 Å². The van der Waals surface area contributed by atoms with Gasteiger partial charge in [0.2, 0.25) is 0 Å². The number of hydrogen-bond donors (Lipinski definition) is 2. The fourth-order valence-electron chi connectivity index (χ4n) is 2.15. The van der Waals surface area contributed by atoms with Crippen LogP contribution < -0.4 is 5.32 Å². The van der Waals surface area contributed by atoms with Gasteiger partial charge >= 0.3 is 0 Å². The number of aromatic nitrogens is 3. The predicted octanol–water partition coefficient (Wildman–Crippen LogP) is 0.765. The van der Waals surface area contributed by atoms with E-state index < -0.39 is 0 Å². The molecule has 6 heteroatoms. The topological polar surface area (TPSA) is 72.2 Å². The van der Waals surface area contributed by atoms with E-state index in [0.717, 1.165) is 41.8 Å². The van der Waals surface area contributed by atoms with E-state index in [2.05, 4.69) is 21.5 Å². The van der Waals surface area contributed by atoms with Gasteiger partial charge in [0.25, 0.3) is 0 Å². The van der Waals surface area contributed by atoms with Gasteiger partial charge in [-0.3, -0.25) is 4.68 Å². The maximum absolute atomic E-state index is 8.57. The Morgan fingerprint density at radius 3 is 3.05 bits per heavy atom. The van der Waals surface area contributed by atoms with Crippen molar-refractivity contribution in [1.82, 2.24) is 20.1 Å². The van der Waals surface area contributed by atoms with Gasteiger partial charge in [0.1, 0.15) is 0 Å². The van der Waals surface area contributed by atoms with E-state index in [9.17, 15) is 0 Å². The lowest BCUT2D eigenvalue weighted by atomic mass is 10.2. The molecule has 0 saturated heterocycles. The summed E-state index contributed by atoms with van der Waals surface area (Å²) in [4.78, 5) is 4.45. The number of fused-ring (bicyclic) bond motifs is 1. The van der Waals surface area contributed by atoms with Crippen LogP contribution in [0.4, 0.5) is 0 Å². The third-order valence-electron chi connectivity index (χ3n) is 3.13.